The number of rotatable bonds is 11. The van der Waals surface area contributed by atoms with Gasteiger partial charge >= 0.3 is 11.4 Å². The fourth-order valence-corrected chi connectivity index (χ4v) is 12.5. The number of aryl methyl sites for hydroxylation is 2. The second kappa shape index (κ2) is 16.0. The number of ether oxygens (including phenoxy) is 1. The summed E-state index contributed by atoms with van der Waals surface area (Å²) in [5, 5.41) is 12.7. The van der Waals surface area contributed by atoms with E-state index in [4.69, 9.17) is 14.4 Å². The normalized spacial score (nSPS) is 17.5. The smallest absolute Gasteiger partial charge is 0.387 e. The van der Waals surface area contributed by atoms with Crippen molar-refractivity contribution in [2.75, 3.05) is 44.4 Å². The number of amides is 1. The number of aromatic nitrogens is 7. The molecule has 4 aromatic heterocycles. The van der Waals surface area contributed by atoms with Crippen molar-refractivity contribution in [1.82, 2.24) is 38.9 Å². The number of aromatic amines is 2. The zero-order valence-corrected chi connectivity index (χ0v) is 38.4. The molecule has 0 unspecified atom stereocenters. The van der Waals surface area contributed by atoms with E-state index in [2.05, 4.69) is 38.6 Å². The summed E-state index contributed by atoms with van der Waals surface area (Å²) in [6.07, 6.45) is 7.93. The topological polar surface area (TPSA) is 178 Å². The summed E-state index contributed by atoms with van der Waals surface area (Å²) in [5.41, 5.74) is 6.13. The second-order valence-corrected chi connectivity index (χ2v) is 21.3. The van der Waals surface area contributed by atoms with Gasteiger partial charge in [0, 0.05) is 91.0 Å². The monoisotopic (exact) mass is 901 g/mol. The van der Waals surface area contributed by atoms with Crippen LogP contribution in [0, 0.1) is 19.7 Å². The van der Waals surface area contributed by atoms with E-state index in [1.54, 1.807) is 50.1 Å². The van der Waals surface area contributed by atoms with Gasteiger partial charge in [0.2, 0.25) is 0 Å². The van der Waals surface area contributed by atoms with E-state index in [-0.39, 0.29) is 17.4 Å². The van der Waals surface area contributed by atoms with Gasteiger partial charge in [-0.2, -0.15) is 10.1 Å². The minimum absolute atomic E-state index is 0.243. The van der Waals surface area contributed by atoms with E-state index in [0.717, 1.165) is 34.6 Å². The number of carbonyl (C=O) groups is 1. The molecule has 1 atom stereocenters. The van der Waals surface area contributed by atoms with Gasteiger partial charge in [0.1, 0.15) is 24.5 Å². The predicted octanol–water partition coefficient (Wildman–Crippen LogP) is 7.53. The molecule has 15 nitrogen and oxygen atoms in total. The number of fused-ring (bicyclic) bond motifs is 2. The number of hydrogen-bond donors (Lipinski definition) is 3. The van der Waals surface area contributed by atoms with Crippen molar-refractivity contribution in [2.45, 2.75) is 84.1 Å². The summed E-state index contributed by atoms with van der Waals surface area (Å²) in [4.78, 5) is 52.1. The molecule has 1 amide bonds. The third-order valence-corrected chi connectivity index (χ3v) is 17.5. The molecule has 0 radical (unpaired) electrons. The van der Waals surface area contributed by atoms with Crippen LogP contribution in [0.1, 0.15) is 108 Å². The second-order valence-electron chi connectivity index (χ2n) is 17.8. The summed E-state index contributed by atoms with van der Waals surface area (Å²) < 4.78 is 44.5. The van der Waals surface area contributed by atoms with Crippen LogP contribution in [-0.2, 0) is 21.1 Å². The molecule has 3 aromatic carbocycles. The Bertz CT molecular complexity index is 3170. The molecule has 1 saturated carbocycles. The standard InChI is InChI=1S/C48H53FN9O6P/c1-7-65(62,8-2)38-12-10-32(26-37(38)50-6)56-19-20-57(47(56)61)43-39-29(5)55(18-13-35(39)53-58(43)33-23-27(3)41(49)28(4)24-33)44(59)42-40(48(16-17-48)45-52-46(60)64-54-45)34-11-9-31(25-36(34)51-42)30-14-21-63-22-15-30/h9-12,19-20,23-26,29-30,50-51H,7-8,13-18,21-22H2,1-6H3,(H,52,54,60)/t29-/m0/s1. The Kier molecular flexibility index (Phi) is 10.5. The number of carbonyl (C=O) groups excluding carboxylic acids is 1. The summed E-state index contributed by atoms with van der Waals surface area (Å²) >= 11 is 0. The maximum absolute atomic E-state index is 15.4. The van der Waals surface area contributed by atoms with Crippen LogP contribution in [-0.4, -0.2) is 84.0 Å². The van der Waals surface area contributed by atoms with Crippen LogP contribution in [0.2, 0.25) is 0 Å². The first-order chi connectivity index (χ1) is 31.3. The molecule has 0 spiro atoms. The van der Waals surface area contributed by atoms with Gasteiger partial charge in [0.15, 0.2) is 5.82 Å². The quantitative estimate of drug-likeness (QED) is 0.111. The summed E-state index contributed by atoms with van der Waals surface area (Å²) in [5.74, 6) is -0.142. The number of halogens is 1. The average Bonchev–Trinajstić information content (AvgIpc) is 3.60. The molecule has 338 valence electrons. The van der Waals surface area contributed by atoms with Gasteiger partial charge in [-0.15, -0.1) is 0 Å². The highest BCUT2D eigenvalue weighted by atomic mass is 31.2. The lowest BCUT2D eigenvalue weighted by Crippen LogP contribution is -2.40. The SMILES string of the molecule is CCP(=O)(CC)c1ccc(-n2ccn(-c3c4c(nn3-c3cc(C)c(F)c(C)c3)CCN(C(=O)c3[nH]c5cc(C6CCOCC6)ccc5c3C3(c5nc(=O)o[nH]5)CC3)[C@H]4C)c2=O)cc1NC. The lowest BCUT2D eigenvalue weighted by Gasteiger charge is -2.34. The molecule has 1 saturated heterocycles. The molecule has 6 heterocycles. The maximum atomic E-state index is 15.4. The van der Waals surface area contributed by atoms with Gasteiger partial charge in [0.05, 0.1) is 28.5 Å². The molecule has 1 aliphatic carbocycles. The highest BCUT2D eigenvalue weighted by molar-refractivity contribution is 7.71. The highest BCUT2D eigenvalue weighted by Gasteiger charge is 2.53. The lowest BCUT2D eigenvalue weighted by molar-refractivity contribution is 0.0670. The van der Waals surface area contributed by atoms with Crippen molar-refractivity contribution in [3.05, 3.63) is 133 Å². The minimum Gasteiger partial charge on any atom is -0.387 e. The molecule has 65 heavy (non-hydrogen) atoms. The van der Waals surface area contributed by atoms with Crippen LogP contribution in [0.5, 0.6) is 0 Å². The largest absolute Gasteiger partial charge is 0.459 e. The maximum Gasteiger partial charge on any atom is 0.459 e. The number of hydrogen-bond acceptors (Lipinski definition) is 9. The highest BCUT2D eigenvalue weighted by Crippen LogP contribution is 2.56. The third-order valence-electron chi connectivity index (χ3n) is 14.2. The van der Waals surface area contributed by atoms with Crippen molar-refractivity contribution in [3.8, 4) is 17.2 Å². The fraction of sp³-hybridized carbons (Fsp3) is 0.396. The van der Waals surface area contributed by atoms with Crippen molar-refractivity contribution in [1.29, 1.82) is 0 Å². The molecule has 10 rings (SSSR count). The molecular formula is C48H53FN9O6P. The van der Waals surface area contributed by atoms with Crippen LogP contribution in [0.25, 0.3) is 28.1 Å². The lowest BCUT2D eigenvalue weighted by atomic mass is 9.88. The van der Waals surface area contributed by atoms with Crippen LogP contribution < -0.4 is 22.1 Å². The van der Waals surface area contributed by atoms with Gasteiger partial charge < -0.3 is 29.0 Å². The van der Waals surface area contributed by atoms with Gasteiger partial charge in [-0.1, -0.05) is 26.0 Å². The van der Waals surface area contributed by atoms with Crippen LogP contribution in [0.4, 0.5) is 10.1 Å². The van der Waals surface area contributed by atoms with Gasteiger partial charge in [0.25, 0.3) is 5.91 Å². The Morgan fingerprint density at radius 2 is 1.71 bits per heavy atom. The molecule has 3 aliphatic rings. The Labute approximate surface area is 374 Å². The molecule has 3 N–H and O–H groups in total. The van der Waals surface area contributed by atoms with Crippen molar-refractivity contribution in [2.24, 2.45) is 0 Å². The first-order valence-electron chi connectivity index (χ1n) is 22.5. The number of H-pyrrole nitrogens is 2. The van der Waals surface area contributed by atoms with E-state index in [0.29, 0.717) is 114 Å². The zero-order valence-electron chi connectivity index (χ0n) is 37.5. The van der Waals surface area contributed by atoms with Gasteiger partial charge in [-0.25, -0.2) is 23.8 Å². The molecule has 0 bridgehead atoms. The zero-order chi connectivity index (χ0) is 45.5. The Morgan fingerprint density at radius 3 is 2.37 bits per heavy atom. The van der Waals surface area contributed by atoms with Crippen LogP contribution >= 0.6 is 7.14 Å². The number of nitrogens with zero attached hydrogens (tertiary/aromatic N) is 6. The first kappa shape index (κ1) is 42.7. The Morgan fingerprint density at radius 1 is 0.985 bits per heavy atom. The minimum atomic E-state index is -2.65. The number of benzene rings is 3. The Hall–Kier alpha value is -6.25. The molecule has 7 aromatic rings. The van der Waals surface area contributed by atoms with E-state index < -0.39 is 24.4 Å². The number of anilines is 1. The average molecular weight is 902 g/mol. The summed E-state index contributed by atoms with van der Waals surface area (Å²) in [7, 11) is -0.870. The van der Waals surface area contributed by atoms with Crippen LogP contribution in [0.15, 0.2) is 75.0 Å². The molecule has 17 heteroatoms. The first-order valence-corrected chi connectivity index (χ1v) is 24.6. The molecule has 2 aliphatic heterocycles. The third kappa shape index (κ3) is 6.86. The summed E-state index contributed by atoms with van der Waals surface area (Å²) in [6, 6.07) is 14.7. The molecular weight excluding hydrogens is 849 g/mol. The van der Waals surface area contributed by atoms with E-state index in [1.807, 2.05) is 43.9 Å². The van der Waals surface area contributed by atoms with Gasteiger partial charge in [-0.05, 0) is 105 Å². The van der Waals surface area contributed by atoms with E-state index in [9.17, 15) is 14.2 Å². The van der Waals surface area contributed by atoms with Gasteiger partial charge in [-0.3, -0.25) is 13.9 Å². The van der Waals surface area contributed by atoms with Crippen molar-refractivity contribution < 1.29 is 23.0 Å². The number of imidazole rings is 1. The van der Waals surface area contributed by atoms with Crippen LogP contribution in [0.3, 0.4) is 0 Å². The summed E-state index contributed by atoms with van der Waals surface area (Å²) in [6.45, 7) is 10.9. The van der Waals surface area contributed by atoms with E-state index in [1.165, 1.54) is 14.7 Å². The van der Waals surface area contributed by atoms with Crippen molar-refractivity contribution >= 4 is 34.9 Å². The van der Waals surface area contributed by atoms with Crippen molar-refractivity contribution in [3.63, 3.8) is 0 Å². The number of nitrogens with one attached hydrogen (secondary N) is 3. The fourth-order valence-electron chi connectivity index (χ4n) is 10.4. The molecule has 2 fully saturated rings. The predicted molar refractivity (Wildman–Crippen MR) is 247 cm³/mol. The van der Waals surface area contributed by atoms with E-state index >= 15 is 9.18 Å². The Balaban J connectivity index is 1.10.